The van der Waals surface area contributed by atoms with Gasteiger partial charge in [0.05, 0.1) is 14.2 Å². The molecule has 2 rings (SSSR count). The fourth-order valence-corrected chi connectivity index (χ4v) is 1.89. The van der Waals surface area contributed by atoms with Crippen molar-refractivity contribution >= 4 is 5.97 Å². The molecule has 2 aromatic rings. The molecule has 0 saturated carbocycles. The molecule has 0 bridgehead atoms. The van der Waals surface area contributed by atoms with Crippen LogP contribution >= 0.6 is 0 Å². The largest absolute Gasteiger partial charge is 0.507 e. The second kappa shape index (κ2) is 6.65. The summed E-state index contributed by atoms with van der Waals surface area (Å²) in [5, 5.41) is 9.87. The second-order valence-corrected chi connectivity index (χ2v) is 4.26. The Bertz CT molecular complexity index is 622. The summed E-state index contributed by atoms with van der Waals surface area (Å²) in [7, 11) is 2.70. The van der Waals surface area contributed by atoms with E-state index in [1.165, 1.54) is 26.4 Å². The summed E-state index contributed by atoms with van der Waals surface area (Å²) in [6, 6.07) is 12.4. The lowest BCUT2D eigenvalue weighted by Gasteiger charge is -2.15. The normalized spacial score (nSPS) is 10.0. The predicted octanol–water partition coefficient (Wildman–Crippen LogP) is 2.77. The van der Waals surface area contributed by atoms with Gasteiger partial charge in [-0.2, -0.15) is 0 Å². The van der Waals surface area contributed by atoms with Crippen molar-refractivity contribution in [1.82, 2.24) is 0 Å². The fourth-order valence-electron chi connectivity index (χ4n) is 1.89. The van der Waals surface area contributed by atoms with Crippen LogP contribution in [-0.2, 0) is 11.3 Å². The van der Waals surface area contributed by atoms with Crippen LogP contribution in [0.25, 0.3) is 0 Å². The molecule has 0 atom stereocenters. The van der Waals surface area contributed by atoms with Crippen LogP contribution in [0, 0.1) is 0 Å². The van der Waals surface area contributed by atoms with E-state index in [-0.39, 0.29) is 23.7 Å². The molecular formula is C16H16O5. The Hall–Kier alpha value is -2.69. The van der Waals surface area contributed by atoms with E-state index in [1.807, 2.05) is 30.3 Å². The van der Waals surface area contributed by atoms with Crippen molar-refractivity contribution in [3.05, 3.63) is 53.6 Å². The number of phenols is 1. The van der Waals surface area contributed by atoms with E-state index in [9.17, 15) is 9.90 Å². The molecule has 0 aliphatic heterocycles. The van der Waals surface area contributed by atoms with Gasteiger partial charge in [-0.1, -0.05) is 30.3 Å². The first-order chi connectivity index (χ1) is 10.2. The van der Waals surface area contributed by atoms with Crippen molar-refractivity contribution in [1.29, 1.82) is 0 Å². The summed E-state index contributed by atoms with van der Waals surface area (Å²) < 4.78 is 15.5. The zero-order valence-electron chi connectivity index (χ0n) is 11.8. The number of carbonyl (C=O) groups is 1. The minimum atomic E-state index is -0.686. The van der Waals surface area contributed by atoms with E-state index in [0.29, 0.717) is 5.75 Å². The summed E-state index contributed by atoms with van der Waals surface area (Å²) in [5.41, 5.74) is 0.881. The average molecular weight is 288 g/mol. The van der Waals surface area contributed by atoms with Crippen LogP contribution in [0.4, 0.5) is 0 Å². The van der Waals surface area contributed by atoms with Gasteiger partial charge in [0.1, 0.15) is 17.9 Å². The van der Waals surface area contributed by atoms with Gasteiger partial charge in [0.15, 0.2) is 11.5 Å². The lowest BCUT2D eigenvalue weighted by molar-refractivity contribution is 0.0591. The molecule has 0 saturated heterocycles. The molecule has 0 aliphatic rings. The molecule has 1 N–H and O–H groups in total. The van der Waals surface area contributed by atoms with Crippen molar-refractivity contribution in [3.63, 3.8) is 0 Å². The molecule has 0 fully saturated rings. The number of benzene rings is 2. The molecule has 5 nitrogen and oxygen atoms in total. The lowest BCUT2D eigenvalue weighted by atomic mass is 10.1. The van der Waals surface area contributed by atoms with E-state index < -0.39 is 5.97 Å². The number of hydrogen-bond donors (Lipinski definition) is 1. The molecule has 0 aromatic heterocycles. The topological polar surface area (TPSA) is 65.0 Å². The highest BCUT2D eigenvalue weighted by molar-refractivity contribution is 5.96. The number of esters is 1. The molecule has 110 valence electrons. The van der Waals surface area contributed by atoms with Gasteiger partial charge in [-0.25, -0.2) is 4.79 Å². The molecule has 0 radical (unpaired) electrons. The minimum Gasteiger partial charge on any atom is -0.507 e. The van der Waals surface area contributed by atoms with Gasteiger partial charge in [0, 0.05) is 0 Å². The zero-order chi connectivity index (χ0) is 15.2. The number of carbonyl (C=O) groups excluding carboxylic acids is 1. The van der Waals surface area contributed by atoms with Gasteiger partial charge in [-0.05, 0) is 17.7 Å². The Morgan fingerprint density at radius 2 is 1.81 bits per heavy atom. The first-order valence-electron chi connectivity index (χ1n) is 6.32. The van der Waals surface area contributed by atoms with Crippen LogP contribution in [0.5, 0.6) is 17.2 Å². The van der Waals surface area contributed by atoms with Crippen molar-refractivity contribution in [2.75, 3.05) is 14.2 Å². The van der Waals surface area contributed by atoms with Gasteiger partial charge >= 0.3 is 5.97 Å². The summed E-state index contributed by atoms with van der Waals surface area (Å²) >= 11 is 0. The summed E-state index contributed by atoms with van der Waals surface area (Å²) in [4.78, 5) is 11.8. The molecule has 2 aromatic carbocycles. The highest BCUT2D eigenvalue weighted by Gasteiger charge is 2.22. The van der Waals surface area contributed by atoms with E-state index in [4.69, 9.17) is 9.47 Å². The van der Waals surface area contributed by atoms with Crippen molar-refractivity contribution in [3.8, 4) is 17.2 Å². The smallest absolute Gasteiger partial charge is 0.345 e. The Labute approximate surface area is 122 Å². The van der Waals surface area contributed by atoms with Crippen LogP contribution in [0.2, 0.25) is 0 Å². The molecule has 0 unspecified atom stereocenters. The maximum atomic E-state index is 11.8. The highest BCUT2D eigenvalue weighted by atomic mass is 16.5. The summed E-state index contributed by atoms with van der Waals surface area (Å²) in [6.45, 7) is 0.241. The molecule has 0 heterocycles. The summed E-state index contributed by atoms with van der Waals surface area (Å²) in [5.74, 6) is -0.391. The Balaban J connectivity index is 2.35. The first-order valence-corrected chi connectivity index (χ1v) is 6.32. The van der Waals surface area contributed by atoms with Crippen molar-refractivity contribution in [2.45, 2.75) is 6.61 Å². The first kappa shape index (κ1) is 14.7. The second-order valence-electron chi connectivity index (χ2n) is 4.26. The average Bonchev–Trinajstić information content (AvgIpc) is 2.53. The molecule has 0 amide bonds. The number of methoxy groups -OCH3 is 2. The van der Waals surface area contributed by atoms with E-state index in [1.54, 1.807) is 0 Å². The van der Waals surface area contributed by atoms with Crippen LogP contribution < -0.4 is 9.47 Å². The number of aromatic hydroxyl groups is 1. The van der Waals surface area contributed by atoms with Crippen LogP contribution in [0.3, 0.4) is 0 Å². The standard InChI is InChI=1S/C16H16O5/c1-19-13-9-8-12(17)14(16(18)20-2)15(13)21-10-11-6-4-3-5-7-11/h3-9,17H,10H2,1-2H3. The quantitative estimate of drug-likeness (QED) is 0.857. The van der Waals surface area contributed by atoms with Gasteiger partial charge in [0.25, 0.3) is 0 Å². The Morgan fingerprint density at radius 1 is 1.10 bits per heavy atom. The molecule has 21 heavy (non-hydrogen) atoms. The number of ether oxygens (including phenoxy) is 3. The van der Waals surface area contributed by atoms with Crippen LogP contribution in [-0.4, -0.2) is 25.3 Å². The number of rotatable bonds is 5. The van der Waals surface area contributed by atoms with Crippen molar-refractivity contribution < 1.29 is 24.1 Å². The van der Waals surface area contributed by atoms with Crippen molar-refractivity contribution in [2.24, 2.45) is 0 Å². The zero-order valence-corrected chi connectivity index (χ0v) is 11.8. The maximum absolute atomic E-state index is 11.8. The molecule has 0 aliphatic carbocycles. The predicted molar refractivity (Wildman–Crippen MR) is 76.8 cm³/mol. The number of hydrogen-bond acceptors (Lipinski definition) is 5. The molecule has 5 heteroatoms. The Morgan fingerprint density at radius 3 is 2.43 bits per heavy atom. The fraction of sp³-hybridized carbons (Fsp3) is 0.188. The van der Waals surface area contributed by atoms with E-state index in [2.05, 4.69) is 4.74 Å². The van der Waals surface area contributed by atoms with Gasteiger partial charge < -0.3 is 19.3 Å². The SMILES string of the molecule is COC(=O)c1c(O)ccc(OC)c1OCc1ccccc1. The summed E-state index contributed by atoms with van der Waals surface area (Å²) in [6.07, 6.45) is 0. The third-order valence-corrected chi connectivity index (χ3v) is 2.94. The maximum Gasteiger partial charge on any atom is 0.345 e. The molecule has 0 spiro atoms. The third kappa shape index (κ3) is 3.25. The third-order valence-electron chi connectivity index (χ3n) is 2.94. The number of phenolic OH excluding ortho intramolecular Hbond substituents is 1. The molecular weight excluding hydrogens is 272 g/mol. The highest BCUT2D eigenvalue weighted by Crippen LogP contribution is 2.37. The monoisotopic (exact) mass is 288 g/mol. The van der Waals surface area contributed by atoms with Crippen LogP contribution in [0.1, 0.15) is 15.9 Å². The van der Waals surface area contributed by atoms with Gasteiger partial charge in [-0.3, -0.25) is 0 Å². The minimum absolute atomic E-state index is 0.0484. The van der Waals surface area contributed by atoms with Gasteiger partial charge in [0.2, 0.25) is 0 Å². The van der Waals surface area contributed by atoms with E-state index >= 15 is 0 Å². The Kier molecular flexibility index (Phi) is 4.66. The van der Waals surface area contributed by atoms with Crippen LogP contribution in [0.15, 0.2) is 42.5 Å². The lowest BCUT2D eigenvalue weighted by Crippen LogP contribution is -2.07. The van der Waals surface area contributed by atoms with Gasteiger partial charge in [-0.15, -0.1) is 0 Å². The van der Waals surface area contributed by atoms with E-state index in [0.717, 1.165) is 5.56 Å².